The van der Waals surface area contributed by atoms with Gasteiger partial charge >= 0.3 is 5.97 Å². The smallest absolute Gasteiger partial charge is 0.340 e. The summed E-state index contributed by atoms with van der Waals surface area (Å²) in [7, 11) is 0. The molecular formula is C12H18N4O4. The van der Waals surface area contributed by atoms with Gasteiger partial charge in [-0.05, 0) is 13.0 Å². The summed E-state index contributed by atoms with van der Waals surface area (Å²) >= 11 is 0. The number of hydrogen-bond acceptors (Lipinski definition) is 7. The normalized spacial score (nSPS) is 10.1. The third-order valence-electron chi connectivity index (χ3n) is 2.23. The number of rotatable bonds is 8. The largest absolute Gasteiger partial charge is 0.462 e. The van der Waals surface area contributed by atoms with Gasteiger partial charge in [0.05, 0.1) is 30.7 Å². The molecule has 0 aliphatic rings. The van der Waals surface area contributed by atoms with Crippen LogP contribution in [0.3, 0.4) is 0 Å². The monoisotopic (exact) mass is 282 g/mol. The maximum Gasteiger partial charge on any atom is 0.340 e. The van der Waals surface area contributed by atoms with Crippen LogP contribution in [0.25, 0.3) is 0 Å². The minimum atomic E-state index is -0.528. The Morgan fingerprint density at radius 1 is 1.45 bits per heavy atom. The maximum atomic E-state index is 11.6. The molecule has 1 aromatic rings. The van der Waals surface area contributed by atoms with Crippen molar-refractivity contribution in [3.05, 3.63) is 17.8 Å². The number of nitrogens with zero attached hydrogens (tertiary/aromatic N) is 1. The molecule has 1 rings (SSSR count). The summed E-state index contributed by atoms with van der Waals surface area (Å²) in [6.07, 6.45) is 1.37. The Morgan fingerprint density at radius 3 is 2.85 bits per heavy atom. The van der Waals surface area contributed by atoms with Gasteiger partial charge in [-0.15, -0.1) is 0 Å². The predicted octanol–water partition coefficient (Wildman–Crippen LogP) is -0.246. The fraction of sp³-hybridized carbons (Fsp3) is 0.417. The van der Waals surface area contributed by atoms with Gasteiger partial charge in [0.15, 0.2) is 0 Å². The quantitative estimate of drug-likeness (QED) is 0.443. The van der Waals surface area contributed by atoms with E-state index < -0.39 is 11.9 Å². The number of aromatic nitrogens is 1. The number of anilines is 2. The standard InChI is InChI=1S/C12H18N4O4/c1-2-20-12(18)8-5-11(16-6-9(8)13)15-3-4-19-7-10(14)17/h5-6H,2-4,7,13H2,1H3,(H2,14,17)(H,15,16). The Balaban J connectivity index is 2.52. The van der Waals surface area contributed by atoms with Crippen LogP contribution in [0, 0.1) is 0 Å². The molecule has 20 heavy (non-hydrogen) atoms. The number of primary amides is 1. The molecule has 5 N–H and O–H groups in total. The molecule has 0 aromatic carbocycles. The topological polar surface area (TPSA) is 130 Å². The molecule has 0 aliphatic heterocycles. The molecule has 0 unspecified atom stereocenters. The van der Waals surface area contributed by atoms with Crippen LogP contribution < -0.4 is 16.8 Å². The molecule has 8 heteroatoms. The van der Waals surface area contributed by atoms with Gasteiger partial charge in [-0.1, -0.05) is 0 Å². The van der Waals surface area contributed by atoms with E-state index in [9.17, 15) is 9.59 Å². The zero-order chi connectivity index (χ0) is 15.0. The lowest BCUT2D eigenvalue weighted by Crippen LogP contribution is -2.20. The number of amides is 1. The number of hydrogen-bond donors (Lipinski definition) is 3. The first kappa shape index (κ1) is 15.7. The van der Waals surface area contributed by atoms with Crippen LogP contribution in [0.1, 0.15) is 17.3 Å². The average Bonchev–Trinajstić information content (AvgIpc) is 2.40. The summed E-state index contributed by atoms with van der Waals surface area (Å²) < 4.78 is 9.86. The van der Waals surface area contributed by atoms with Crippen molar-refractivity contribution in [2.75, 3.05) is 37.4 Å². The van der Waals surface area contributed by atoms with Crippen molar-refractivity contribution in [1.29, 1.82) is 0 Å². The highest BCUT2D eigenvalue weighted by molar-refractivity contribution is 5.95. The minimum absolute atomic E-state index is 0.134. The molecule has 0 fully saturated rings. The summed E-state index contributed by atoms with van der Waals surface area (Å²) in [5.74, 6) is -0.564. The second-order valence-electron chi connectivity index (χ2n) is 3.82. The molecule has 0 spiro atoms. The van der Waals surface area contributed by atoms with E-state index in [2.05, 4.69) is 10.3 Å². The minimum Gasteiger partial charge on any atom is -0.462 e. The van der Waals surface area contributed by atoms with E-state index in [1.165, 1.54) is 12.3 Å². The zero-order valence-corrected chi connectivity index (χ0v) is 11.2. The van der Waals surface area contributed by atoms with Crippen LogP contribution in [0.4, 0.5) is 11.5 Å². The second-order valence-corrected chi connectivity index (χ2v) is 3.82. The lowest BCUT2D eigenvalue weighted by molar-refractivity contribution is -0.122. The number of nitrogens with one attached hydrogen (secondary N) is 1. The van der Waals surface area contributed by atoms with Crippen molar-refractivity contribution in [1.82, 2.24) is 4.98 Å². The summed E-state index contributed by atoms with van der Waals surface area (Å²) in [6.45, 7) is 2.54. The van der Waals surface area contributed by atoms with E-state index in [0.29, 0.717) is 12.4 Å². The van der Waals surface area contributed by atoms with Gasteiger partial charge in [-0.25, -0.2) is 9.78 Å². The molecule has 0 atom stereocenters. The van der Waals surface area contributed by atoms with Gasteiger partial charge in [-0.3, -0.25) is 4.79 Å². The average molecular weight is 282 g/mol. The molecule has 0 saturated heterocycles. The fourth-order valence-corrected chi connectivity index (χ4v) is 1.37. The highest BCUT2D eigenvalue weighted by Crippen LogP contribution is 2.15. The second kappa shape index (κ2) is 7.95. The lowest BCUT2D eigenvalue weighted by atomic mass is 10.2. The molecule has 0 bridgehead atoms. The van der Waals surface area contributed by atoms with Gasteiger partial charge < -0.3 is 26.3 Å². The van der Waals surface area contributed by atoms with Gasteiger partial charge in [0, 0.05) is 6.54 Å². The van der Waals surface area contributed by atoms with Crippen LogP contribution in [-0.4, -0.2) is 43.2 Å². The molecule has 110 valence electrons. The number of carbonyl (C=O) groups is 2. The van der Waals surface area contributed by atoms with Crippen LogP contribution in [-0.2, 0) is 14.3 Å². The Morgan fingerprint density at radius 2 is 2.20 bits per heavy atom. The highest BCUT2D eigenvalue weighted by Gasteiger charge is 2.12. The maximum absolute atomic E-state index is 11.6. The van der Waals surface area contributed by atoms with Crippen molar-refractivity contribution in [2.45, 2.75) is 6.92 Å². The molecule has 0 radical (unpaired) electrons. The molecule has 0 saturated carbocycles. The van der Waals surface area contributed by atoms with Crippen LogP contribution in [0.5, 0.6) is 0 Å². The number of carbonyl (C=O) groups excluding carboxylic acids is 2. The zero-order valence-electron chi connectivity index (χ0n) is 11.2. The molecule has 8 nitrogen and oxygen atoms in total. The molecule has 0 aliphatic carbocycles. The summed E-state index contributed by atoms with van der Waals surface area (Å²) in [6, 6.07) is 1.50. The Labute approximate surface area is 116 Å². The van der Waals surface area contributed by atoms with E-state index in [-0.39, 0.29) is 31.1 Å². The predicted molar refractivity (Wildman–Crippen MR) is 73.1 cm³/mol. The highest BCUT2D eigenvalue weighted by atomic mass is 16.5. The van der Waals surface area contributed by atoms with Crippen molar-refractivity contribution >= 4 is 23.4 Å². The van der Waals surface area contributed by atoms with E-state index in [1.807, 2.05) is 0 Å². The first-order valence-electron chi connectivity index (χ1n) is 6.07. The lowest BCUT2D eigenvalue weighted by Gasteiger charge is -2.09. The van der Waals surface area contributed by atoms with Gasteiger partial charge in [0.1, 0.15) is 12.4 Å². The third-order valence-corrected chi connectivity index (χ3v) is 2.23. The van der Waals surface area contributed by atoms with Crippen molar-refractivity contribution < 1.29 is 19.1 Å². The van der Waals surface area contributed by atoms with Crippen molar-refractivity contribution in [3.8, 4) is 0 Å². The number of esters is 1. The number of nitrogen functional groups attached to an aromatic ring is 1. The van der Waals surface area contributed by atoms with Crippen LogP contribution in [0.2, 0.25) is 0 Å². The van der Waals surface area contributed by atoms with Gasteiger partial charge in [-0.2, -0.15) is 0 Å². The SMILES string of the molecule is CCOC(=O)c1cc(NCCOCC(N)=O)ncc1N. The Kier molecular flexibility index (Phi) is 6.24. The Hall–Kier alpha value is -2.35. The number of pyridine rings is 1. The fourth-order valence-electron chi connectivity index (χ4n) is 1.37. The number of ether oxygens (including phenoxy) is 2. The van der Waals surface area contributed by atoms with Crippen LogP contribution >= 0.6 is 0 Å². The third kappa shape index (κ3) is 5.11. The summed E-state index contributed by atoms with van der Waals surface area (Å²) in [4.78, 5) is 26.1. The van der Waals surface area contributed by atoms with E-state index >= 15 is 0 Å². The molecule has 1 heterocycles. The van der Waals surface area contributed by atoms with Crippen molar-refractivity contribution in [3.63, 3.8) is 0 Å². The first-order valence-corrected chi connectivity index (χ1v) is 6.07. The first-order chi connectivity index (χ1) is 9.54. The Bertz CT molecular complexity index is 479. The van der Waals surface area contributed by atoms with E-state index in [4.69, 9.17) is 20.9 Å². The number of nitrogens with two attached hydrogens (primary N) is 2. The van der Waals surface area contributed by atoms with Crippen molar-refractivity contribution in [2.24, 2.45) is 5.73 Å². The van der Waals surface area contributed by atoms with Gasteiger partial charge in [0.2, 0.25) is 5.91 Å². The molecule has 1 amide bonds. The van der Waals surface area contributed by atoms with E-state index in [0.717, 1.165) is 0 Å². The molecular weight excluding hydrogens is 264 g/mol. The molecule has 1 aromatic heterocycles. The van der Waals surface area contributed by atoms with Gasteiger partial charge in [0.25, 0.3) is 0 Å². The summed E-state index contributed by atoms with van der Waals surface area (Å²) in [5.41, 5.74) is 11.1. The van der Waals surface area contributed by atoms with Crippen LogP contribution in [0.15, 0.2) is 12.3 Å². The summed E-state index contributed by atoms with van der Waals surface area (Å²) in [5, 5.41) is 2.93. The van der Waals surface area contributed by atoms with E-state index in [1.54, 1.807) is 6.92 Å².